The van der Waals surface area contributed by atoms with Crippen molar-refractivity contribution in [3.05, 3.63) is 35.9 Å². The number of aliphatic hydroxyl groups is 1. The summed E-state index contributed by atoms with van der Waals surface area (Å²) in [6, 6.07) is 10.1. The molecule has 2 heteroatoms. The second-order valence-electron chi connectivity index (χ2n) is 5.09. The highest BCUT2D eigenvalue weighted by Gasteiger charge is 2.14. The quantitative estimate of drug-likeness (QED) is 0.794. The number of hydrogen-bond acceptors (Lipinski definition) is 2. The molecule has 84 valence electrons. The van der Waals surface area contributed by atoms with Gasteiger partial charge in [-0.05, 0) is 11.0 Å². The van der Waals surface area contributed by atoms with Crippen LogP contribution in [0, 0.1) is 5.41 Å². The third-order valence-electron chi connectivity index (χ3n) is 2.26. The van der Waals surface area contributed by atoms with Crippen molar-refractivity contribution in [2.45, 2.75) is 26.8 Å². The summed E-state index contributed by atoms with van der Waals surface area (Å²) < 4.78 is 0. The van der Waals surface area contributed by atoms with Gasteiger partial charge in [-0.3, -0.25) is 0 Å². The van der Waals surface area contributed by atoms with E-state index in [9.17, 15) is 5.11 Å². The molecule has 2 nitrogen and oxygen atoms in total. The summed E-state index contributed by atoms with van der Waals surface area (Å²) >= 11 is 0. The van der Waals surface area contributed by atoms with Gasteiger partial charge in [-0.2, -0.15) is 0 Å². The van der Waals surface area contributed by atoms with Crippen LogP contribution in [-0.4, -0.2) is 18.3 Å². The molecule has 0 heterocycles. The van der Waals surface area contributed by atoms with Gasteiger partial charge in [0.15, 0.2) is 0 Å². The second kappa shape index (κ2) is 5.29. The van der Waals surface area contributed by atoms with Crippen LogP contribution in [0.3, 0.4) is 0 Å². The van der Waals surface area contributed by atoms with Gasteiger partial charge in [0, 0.05) is 6.54 Å². The standard InChI is InChI=1S/C13H21NO/c1-13(2,3)10-14-12(9-15)11-7-5-4-6-8-11/h4-8,12,14-15H,9-10H2,1-3H3/t12-/m1/s1. The molecule has 0 saturated heterocycles. The lowest BCUT2D eigenvalue weighted by atomic mass is 9.96. The van der Waals surface area contributed by atoms with E-state index in [2.05, 4.69) is 26.1 Å². The minimum atomic E-state index is 0.0467. The van der Waals surface area contributed by atoms with Gasteiger partial charge in [-0.15, -0.1) is 0 Å². The van der Waals surface area contributed by atoms with Crippen molar-refractivity contribution in [3.63, 3.8) is 0 Å². The molecule has 1 atom stereocenters. The Morgan fingerprint density at radius 2 is 1.80 bits per heavy atom. The molecule has 0 radical (unpaired) electrons. The maximum Gasteiger partial charge on any atom is 0.0626 e. The molecule has 2 N–H and O–H groups in total. The number of nitrogens with one attached hydrogen (secondary N) is 1. The van der Waals surface area contributed by atoms with E-state index in [-0.39, 0.29) is 18.1 Å². The first-order valence-electron chi connectivity index (χ1n) is 5.42. The van der Waals surface area contributed by atoms with Crippen LogP contribution < -0.4 is 5.32 Å². The molecule has 1 rings (SSSR count). The van der Waals surface area contributed by atoms with Crippen molar-refractivity contribution in [1.29, 1.82) is 0 Å². The second-order valence-corrected chi connectivity index (χ2v) is 5.09. The Morgan fingerprint density at radius 1 is 1.20 bits per heavy atom. The van der Waals surface area contributed by atoms with Gasteiger partial charge in [0.2, 0.25) is 0 Å². The normalized spacial score (nSPS) is 13.9. The maximum atomic E-state index is 9.31. The van der Waals surface area contributed by atoms with E-state index in [0.29, 0.717) is 0 Å². The van der Waals surface area contributed by atoms with E-state index in [1.807, 2.05) is 30.3 Å². The smallest absolute Gasteiger partial charge is 0.0626 e. The molecule has 0 saturated carbocycles. The fourth-order valence-electron chi connectivity index (χ4n) is 1.40. The summed E-state index contributed by atoms with van der Waals surface area (Å²) in [7, 11) is 0. The first-order valence-corrected chi connectivity index (χ1v) is 5.42. The lowest BCUT2D eigenvalue weighted by Gasteiger charge is -2.24. The van der Waals surface area contributed by atoms with Crippen molar-refractivity contribution in [2.24, 2.45) is 5.41 Å². The summed E-state index contributed by atoms with van der Waals surface area (Å²) in [4.78, 5) is 0. The first-order chi connectivity index (χ1) is 7.03. The molecule has 0 aliphatic carbocycles. The van der Waals surface area contributed by atoms with Gasteiger partial charge >= 0.3 is 0 Å². The van der Waals surface area contributed by atoms with Gasteiger partial charge in [0.05, 0.1) is 12.6 Å². The maximum absolute atomic E-state index is 9.31. The lowest BCUT2D eigenvalue weighted by molar-refractivity contribution is 0.229. The highest BCUT2D eigenvalue weighted by atomic mass is 16.3. The molecule has 15 heavy (non-hydrogen) atoms. The number of rotatable bonds is 4. The zero-order valence-corrected chi connectivity index (χ0v) is 9.83. The number of hydrogen-bond donors (Lipinski definition) is 2. The molecular weight excluding hydrogens is 186 g/mol. The third-order valence-corrected chi connectivity index (χ3v) is 2.26. The van der Waals surface area contributed by atoms with Crippen molar-refractivity contribution in [2.75, 3.05) is 13.2 Å². The van der Waals surface area contributed by atoms with Gasteiger partial charge in [-0.25, -0.2) is 0 Å². The van der Waals surface area contributed by atoms with Crippen LogP contribution in [0.4, 0.5) is 0 Å². The van der Waals surface area contributed by atoms with Crippen LogP contribution in [0.15, 0.2) is 30.3 Å². The van der Waals surface area contributed by atoms with Gasteiger partial charge in [-0.1, -0.05) is 51.1 Å². The van der Waals surface area contributed by atoms with Crippen LogP contribution in [-0.2, 0) is 0 Å². The Balaban J connectivity index is 2.58. The molecule has 0 fully saturated rings. The Hall–Kier alpha value is -0.860. The number of benzene rings is 1. The zero-order valence-electron chi connectivity index (χ0n) is 9.83. The predicted molar refractivity (Wildman–Crippen MR) is 63.7 cm³/mol. The van der Waals surface area contributed by atoms with Gasteiger partial charge in [0.25, 0.3) is 0 Å². The number of aliphatic hydroxyl groups excluding tert-OH is 1. The molecular formula is C13H21NO. The monoisotopic (exact) mass is 207 g/mol. The van der Waals surface area contributed by atoms with Crippen molar-refractivity contribution < 1.29 is 5.11 Å². The average Bonchev–Trinajstić information content (AvgIpc) is 2.19. The van der Waals surface area contributed by atoms with Gasteiger partial charge < -0.3 is 10.4 Å². The van der Waals surface area contributed by atoms with E-state index in [0.717, 1.165) is 12.1 Å². The van der Waals surface area contributed by atoms with Crippen molar-refractivity contribution in [1.82, 2.24) is 5.32 Å². The largest absolute Gasteiger partial charge is 0.394 e. The zero-order chi connectivity index (χ0) is 11.3. The molecule has 0 amide bonds. The Morgan fingerprint density at radius 3 is 2.27 bits per heavy atom. The van der Waals surface area contributed by atoms with Crippen molar-refractivity contribution >= 4 is 0 Å². The summed E-state index contributed by atoms with van der Waals surface area (Å²) in [5.74, 6) is 0. The summed E-state index contributed by atoms with van der Waals surface area (Å²) in [5.41, 5.74) is 1.38. The molecule has 0 aromatic heterocycles. The molecule has 0 bridgehead atoms. The highest BCUT2D eigenvalue weighted by Crippen LogP contribution is 2.16. The average molecular weight is 207 g/mol. The summed E-state index contributed by atoms with van der Waals surface area (Å²) in [6.07, 6.45) is 0. The van der Waals surface area contributed by atoms with E-state index in [1.165, 1.54) is 0 Å². The van der Waals surface area contributed by atoms with E-state index in [4.69, 9.17) is 0 Å². The van der Waals surface area contributed by atoms with Crippen molar-refractivity contribution in [3.8, 4) is 0 Å². The highest BCUT2D eigenvalue weighted by molar-refractivity contribution is 5.18. The fraction of sp³-hybridized carbons (Fsp3) is 0.538. The minimum absolute atomic E-state index is 0.0467. The Kier molecular flexibility index (Phi) is 4.30. The first kappa shape index (κ1) is 12.2. The molecule has 0 unspecified atom stereocenters. The topological polar surface area (TPSA) is 32.3 Å². The molecule has 0 aliphatic rings. The fourth-order valence-corrected chi connectivity index (χ4v) is 1.40. The van der Waals surface area contributed by atoms with Crippen LogP contribution in [0.25, 0.3) is 0 Å². The summed E-state index contributed by atoms with van der Waals surface area (Å²) in [6.45, 7) is 7.57. The Bertz CT molecular complexity index is 276. The van der Waals surface area contributed by atoms with Crippen LogP contribution >= 0.6 is 0 Å². The van der Waals surface area contributed by atoms with E-state index >= 15 is 0 Å². The van der Waals surface area contributed by atoms with Crippen LogP contribution in [0.2, 0.25) is 0 Å². The SMILES string of the molecule is CC(C)(C)CN[C@H](CO)c1ccccc1. The Labute approximate surface area is 92.3 Å². The molecule has 0 aliphatic heterocycles. The predicted octanol–water partition coefficient (Wildman–Crippen LogP) is 2.36. The minimum Gasteiger partial charge on any atom is -0.394 e. The van der Waals surface area contributed by atoms with E-state index < -0.39 is 0 Å². The lowest BCUT2D eigenvalue weighted by Crippen LogP contribution is -2.32. The van der Waals surface area contributed by atoms with Crippen LogP contribution in [0.5, 0.6) is 0 Å². The molecule has 1 aromatic rings. The molecule has 1 aromatic carbocycles. The molecule has 0 spiro atoms. The van der Waals surface area contributed by atoms with Crippen LogP contribution in [0.1, 0.15) is 32.4 Å². The third kappa shape index (κ3) is 4.45. The van der Waals surface area contributed by atoms with E-state index in [1.54, 1.807) is 0 Å². The van der Waals surface area contributed by atoms with Gasteiger partial charge in [0.1, 0.15) is 0 Å². The summed E-state index contributed by atoms with van der Waals surface area (Å²) in [5, 5.41) is 12.7.